The molecule has 0 amide bonds. The summed E-state index contributed by atoms with van der Waals surface area (Å²) in [6.07, 6.45) is -0.0322. The van der Waals surface area contributed by atoms with Gasteiger partial charge in [-0.05, 0) is 80.8 Å². The molecular weight excluding hydrogens is 420 g/mol. The Kier molecular flexibility index (Phi) is 4.87. The lowest BCUT2D eigenvalue weighted by Gasteiger charge is -2.30. The first kappa shape index (κ1) is 21.3. The normalized spacial score (nSPS) is 14.6. The number of fused-ring (bicyclic) bond motifs is 2. The van der Waals surface area contributed by atoms with Crippen LogP contribution in [0.25, 0.3) is 27.5 Å². The summed E-state index contributed by atoms with van der Waals surface area (Å²) in [7, 11) is 0. The van der Waals surface area contributed by atoms with Crippen LogP contribution >= 0.6 is 0 Å². The molecule has 33 heavy (non-hydrogen) atoms. The third-order valence-electron chi connectivity index (χ3n) is 6.70. The molecule has 0 saturated heterocycles. The van der Waals surface area contributed by atoms with Crippen molar-refractivity contribution in [3.05, 3.63) is 95.1 Å². The largest absolute Gasteiger partial charge is 0.380 e. The molecular formula is C27H25F2N3O. The smallest absolute Gasteiger partial charge is 0.209 e. The predicted molar refractivity (Wildman–Crippen MR) is 127 cm³/mol. The van der Waals surface area contributed by atoms with Crippen LogP contribution in [0.4, 0.5) is 8.78 Å². The zero-order chi connectivity index (χ0) is 23.5. The SMILES string of the molecule is Cc1c(C)n(C(F)C(C)(O)c2ccc3c(cnn3-c3ccc(F)cc3)c2)c2c(C)cccc12. The molecule has 3 aromatic carbocycles. The molecule has 0 aliphatic carbocycles. The van der Waals surface area contributed by atoms with Crippen molar-refractivity contribution in [3.8, 4) is 5.69 Å². The molecule has 6 heteroatoms. The maximum atomic E-state index is 16.1. The second-order valence-electron chi connectivity index (χ2n) is 8.84. The molecule has 0 radical (unpaired) electrons. The summed E-state index contributed by atoms with van der Waals surface area (Å²) in [4.78, 5) is 0. The molecule has 168 valence electrons. The molecule has 4 nitrogen and oxygen atoms in total. The molecule has 2 unspecified atom stereocenters. The lowest BCUT2D eigenvalue weighted by Crippen LogP contribution is -2.32. The second kappa shape index (κ2) is 7.52. The number of nitrogens with zero attached hydrogens (tertiary/aromatic N) is 3. The number of halogens is 2. The van der Waals surface area contributed by atoms with Crippen LogP contribution in [0, 0.1) is 26.6 Å². The minimum atomic E-state index is -1.78. The van der Waals surface area contributed by atoms with Gasteiger partial charge >= 0.3 is 0 Å². The first-order valence-electron chi connectivity index (χ1n) is 10.9. The van der Waals surface area contributed by atoms with Gasteiger partial charge in [-0.3, -0.25) is 0 Å². The molecule has 5 rings (SSSR count). The fourth-order valence-electron chi connectivity index (χ4n) is 4.63. The van der Waals surface area contributed by atoms with Gasteiger partial charge in [0.05, 0.1) is 22.9 Å². The monoisotopic (exact) mass is 445 g/mol. The van der Waals surface area contributed by atoms with E-state index >= 15 is 4.39 Å². The maximum Gasteiger partial charge on any atom is 0.209 e. The molecule has 0 aliphatic rings. The number of aliphatic hydroxyl groups is 1. The number of rotatable bonds is 4. The van der Waals surface area contributed by atoms with Gasteiger partial charge < -0.3 is 9.67 Å². The predicted octanol–water partition coefficient (Wildman–Crippen LogP) is 6.42. The Bertz CT molecular complexity index is 1500. The highest BCUT2D eigenvalue weighted by Crippen LogP contribution is 2.40. The molecule has 2 aromatic heterocycles. The van der Waals surface area contributed by atoms with E-state index in [2.05, 4.69) is 5.10 Å². The molecule has 5 aromatic rings. The van der Waals surface area contributed by atoms with E-state index in [0.717, 1.165) is 44.3 Å². The Morgan fingerprint density at radius 3 is 2.45 bits per heavy atom. The minimum Gasteiger partial charge on any atom is -0.380 e. The number of hydrogen-bond acceptors (Lipinski definition) is 2. The molecule has 0 fully saturated rings. The van der Waals surface area contributed by atoms with Gasteiger partial charge in [0.25, 0.3) is 0 Å². The van der Waals surface area contributed by atoms with E-state index in [0.29, 0.717) is 5.56 Å². The lowest BCUT2D eigenvalue weighted by atomic mass is 9.93. The van der Waals surface area contributed by atoms with Gasteiger partial charge in [0.2, 0.25) is 6.30 Å². The minimum absolute atomic E-state index is 0.319. The first-order valence-corrected chi connectivity index (χ1v) is 10.9. The summed E-state index contributed by atoms with van der Waals surface area (Å²) in [6, 6.07) is 17.2. The summed E-state index contributed by atoms with van der Waals surface area (Å²) < 4.78 is 32.7. The number of hydrogen-bond donors (Lipinski definition) is 1. The van der Waals surface area contributed by atoms with Crippen LogP contribution in [0.3, 0.4) is 0 Å². The van der Waals surface area contributed by atoms with Gasteiger partial charge in [-0.25, -0.2) is 13.5 Å². The van der Waals surface area contributed by atoms with Crippen LogP contribution in [-0.2, 0) is 5.60 Å². The van der Waals surface area contributed by atoms with Gasteiger partial charge in [0.15, 0.2) is 0 Å². The van der Waals surface area contributed by atoms with Crippen LogP contribution in [0.1, 0.15) is 35.6 Å². The molecule has 0 bridgehead atoms. The van der Waals surface area contributed by atoms with Crippen molar-refractivity contribution >= 4 is 21.8 Å². The standard InChI is InChI=1S/C27H25F2N3O/c1-16-6-5-7-23-17(2)18(3)31(25(16)23)26(29)27(4,33)20-8-13-24-19(14-20)15-30-32(24)22-11-9-21(28)10-12-22/h5-15,26,33H,1-4H3. The van der Waals surface area contributed by atoms with Crippen LogP contribution in [0.15, 0.2) is 66.9 Å². The van der Waals surface area contributed by atoms with Crippen LogP contribution in [-0.4, -0.2) is 19.5 Å². The second-order valence-corrected chi connectivity index (χ2v) is 8.84. The topological polar surface area (TPSA) is 43.0 Å². The quantitative estimate of drug-likeness (QED) is 0.347. The van der Waals surface area contributed by atoms with E-state index < -0.39 is 11.9 Å². The zero-order valence-corrected chi connectivity index (χ0v) is 19.0. The van der Waals surface area contributed by atoms with E-state index in [-0.39, 0.29) is 5.82 Å². The van der Waals surface area contributed by atoms with E-state index in [4.69, 9.17) is 0 Å². The molecule has 2 heterocycles. The Hall–Kier alpha value is -3.51. The summed E-state index contributed by atoms with van der Waals surface area (Å²) in [5.74, 6) is -0.319. The molecule has 0 spiro atoms. The van der Waals surface area contributed by atoms with Crippen LogP contribution < -0.4 is 0 Å². The highest BCUT2D eigenvalue weighted by molar-refractivity contribution is 5.88. The van der Waals surface area contributed by atoms with Crippen molar-refractivity contribution in [2.45, 2.75) is 39.6 Å². The summed E-state index contributed by atoms with van der Waals surface area (Å²) in [5, 5.41) is 17.6. The lowest BCUT2D eigenvalue weighted by molar-refractivity contribution is -0.0593. The molecule has 0 aliphatic heterocycles. The number of para-hydroxylation sites is 1. The number of aromatic nitrogens is 3. The van der Waals surface area contributed by atoms with Gasteiger partial charge in [0, 0.05) is 16.5 Å². The van der Waals surface area contributed by atoms with Crippen LogP contribution in [0.5, 0.6) is 0 Å². The van der Waals surface area contributed by atoms with Crippen LogP contribution in [0.2, 0.25) is 0 Å². The fourth-order valence-corrected chi connectivity index (χ4v) is 4.63. The van der Waals surface area contributed by atoms with Gasteiger partial charge in [-0.15, -0.1) is 0 Å². The van der Waals surface area contributed by atoms with Gasteiger partial charge in [-0.2, -0.15) is 5.10 Å². The number of aryl methyl sites for hydroxylation is 2. The Morgan fingerprint density at radius 1 is 1.00 bits per heavy atom. The first-order chi connectivity index (χ1) is 15.7. The van der Waals surface area contributed by atoms with E-state index in [9.17, 15) is 9.50 Å². The molecule has 0 saturated carbocycles. The maximum absolute atomic E-state index is 16.1. The van der Waals surface area contributed by atoms with E-state index in [1.165, 1.54) is 19.1 Å². The molecule has 1 N–H and O–H groups in total. The van der Waals surface area contributed by atoms with E-state index in [1.807, 2.05) is 39.0 Å². The van der Waals surface area contributed by atoms with Crippen molar-refractivity contribution in [2.24, 2.45) is 0 Å². The average molecular weight is 446 g/mol. The summed E-state index contributed by atoms with van der Waals surface area (Å²) in [5.41, 5.74) is 3.72. The summed E-state index contributed by atoms with van der Waals surface area (Å²) >= 11 is 0. The summed E-state index contributed by atoms with van der Waals surface area (Å²) in [6.45, 7) is 7.31. The third kappa shape index (κ3) is 3.25. The van der Waals surface area contributed by atoms with Crippen molar-refractivity contribution in [1.29, 1.82) is 0 Å². The number of alkyl halides is 1. The zero-order valence-electron chi connectivity index (χ0n) is 19.0. The average Bonchev–Trinajstić information content (AvgIpc) is 3.33. The Balaban J connectivity index is 1.59. The van der Waals surface area contributed by atoms with Gasteiger partial charge in [-0.1, -0.05) is 24.3 Å². The highest BCUT2D eigenvalue weighted by Gasteiger charge is 2.38. The van der Waals surface area contributed by atoms with Crippen molar-refractivity contribution in [3.63, 3.8) is 0 Å². The third-order valence-corrected chi connectivity index (χ3v) is 6.70. The van der Waals surface area contributed by atoms with Crippen molar-refractivity contribution in [2.75, 3.05) is 0 Å². The Labute approximate surface area is 190 Å². The van der Waals surface area contributed by atoms with E-state index in [1.54, 1.807) is 45.8 Å². The molecule has 2 atom stereocenters. The van der Waals surface area contributed by atoms with Crippen molar-refractivity contribution < 1.29 is 13.9 Å². The number of benzene rings is 3. The highest BCUT2D eigenvalue weighted by atomic mass is 19.1. The Morgan fingerprint density at radius 2 is 1.73 bits per heavy atom. The van der Waals surface area contributed by atoms with Gasteiger partial charge in [0.1, 0.15) is 11.4 Å². The van der Waals surface area contributed by atoms with Crippen molar-refractivity contribution in [1.82, 2.24) is 14.3 Å². The fraction of sp³-hybridized carbons (Fsp3) is 0.222.